The molecular weight excluding hydrogens is 358 g/mol. The van der Waals surface area contributed by atoms with Gasteiger partial charge in [0.2, 0.25) is 11.8 Å². The smallest absolute Gasteiger partial charge is 0.413 e. The second kappa shape index (κ2) is 6.38. The van der Waals surface area contributed by atoms with Crippen molar-refractivity contribution in [1.29, 1.82) is 0 Å². The molecule has 0 aliphatic carbocycles. The van der Waals surface area contributed by atoms with E-state index in [0.717, 1.165) is 6.26 Å². The molecule has 1 amide bonds. The van der Waals surface area contributed by atoms with Crippen LogP contribution in [0.4, 0.5) is 4.79 Å². The molecule has 0 saturated carbocycles. The van der Waals surface area contributed by atoms with E-state index in [9.17, 15) is 9.59 Å². The Morgan fingerprint density at radius 3 is 2.56 bits per heavy atom. The molecule has 2 aromatic heterocycles. The third kappa shape index (κ3) is 3.80. The van der Waals surface area contributed by atoms with Crippen LogP contribution in [0.3, 0.4) is 0 Å². The van der Waals surface area contributed by atoms with Gasteiger partial charge in [0.25, 0.3) is 0 Å². The number of rotatable bonds is 3. The van der Waals surface area contributed by atoms with Crippen molar-refractivity contribution < 1.29 is 33.0 Å². The monoisotopic (exact) mass is 379 g/mol. The molecular formula is C17H21N3O7. The molecule has 3 rings (SSSR count). The molecule has 0 spiro atoms. The maximum atomic E-state index is 12.7. The molecule has 1 saturated heterocycles. The van der Waals surface area contributed by atoms with Crippen molar-refractivity contribution in [2.24, 2.45) is 0 Å². The van der Waals surface area contributed by atoms with Gasteiger partial charge in [0.05, 0.1) is 6.61 Å². The summed E-state index contributed by atoms with van der Waals surface area (Å²) in [5, 5.41) is 8.93. The molecule has 1 aliphatic rings. The van der Waals surface area contributed by atoms with Crippen LogP contribution in [0.25, 0.3) is 11.6 Å². The van der Waals surface area contributed by atoms with Crippen LogP contribution in [0.5, 0.6) is 0 Å². The van der Waals surface area contributed by atoms with Gasteiger partial charge in [-0.25, -0.2) is 19.6 Å². The highest BCUT2D eigenvalue weighted by molar-refractivity contribution is 5.85. The maximum absolute atomic E-state index is 12.7. The predicted molar refractivity (Wildman–Crippen MR) is 89.8 cm³/mol. The highest BCUT2D eigenvalue weighted by atomic mass is 16.6. The van der Waals surface area contributed by atoms with Gasteiger partial charge in [-0.15, -0.1) is 0 Å². The lowest BCUT2D eigenvalue weighted by Crippen LogP contribution is -2.47. The Balaban J connectivity index is 1.87. The number of oxazole rings is 2. The normalized spacial score (nSPS) is 19.3. The summed E-state index contributed by atoms with van der Waals surface area (Å²) < 4.78 is 21.8. The SMILES string of the molecule is CC(C)(C)OC(=O)N1C(c2nc(-c3nc(C(=O)O)co3)co2)COC1(C)C. The van der Waals surface area contributed by atoms with E-state index in [2.05, 4.69) is 9.97 Å². The molecule has 1 N–H and O–H groups in total. The number of nitrogens with zero attached hydrogens (tertiary/aromatic N) is 3. The third-order valence-corrected chi connectivity index (χ3v) is 3.83. The van der Waals surface area contributed by atoms with E-state index in [1.807, 2.05) is 0 Å². The van der Waals surface area contributed by atoms with Crippen molar-refractivity contribution >= 4 is 12.1 Å². The average Bonchev–Trinajstić information content (AvgIpc) is 3.21. The summed E-state index contributed by atoms with van der Waals surface area (Å²) in [7, 11) is 0. The Morgan fingerprint density at radius 1 is 1.26 bits per heavy atom. The number of aromatic carboxylic acids is 1. The summed E-state index contributed by atoms with van der Waals surface area (Å²) >= 11 is 0. The molecule has 0 bridgehead atoms. The van der Waals surface area contributed by atoms with Gasteiger partial charge in [-0.1, -0.05) is 0 Å². The number of amides is 1. The number of ether oxygens (including phenoxy) is 2. The van der Waals surface area contributed by atoms with E-state index in [1.165, 1.54) is 11.2 Å². The van der Waals surface area contributed by atoms with Gasteiger partial charge < -0.3 is 23.4 Å². The summed E-state index contributed by atoms with van der Waals surface area (Å²) in [6, 6.07) is -0.613. The van der Waals surface area contributed by atoms with E-state index in [-0.39, 0.29) is 29.8 Å². The van der Waals surface area contributed by atoms with Gasteiger partial charge in [0.1, 0.15) is 29.9 Å². The molecule has 0 aromatic carbocycles. The Bertz CT molecular complexity index is 862. The van der Waals surface area contributed by atoms with Crippen LogP contribution in [0.15, 0.2) is 21.4 Å². The second-order valence-corrected chi connectivity index (χ2v) is 7.54. The van der Waals surface area contributed by atoms with Crippen molar-refractivity contribution in [1.82, 2.24) is 14.9 Å². The van der Waals surface area contributed by atoms with Crippen LogP contribution in [-0.2, 0) is 9.47 Å². The van der Waals surface area contributed by atoms with E-state index >= 15 is 0 Å². The first-order valence-corrected chi connectivity index (χ1v) is 8.29. The molecule has 10 heteroatoms. The number of carboxylic acids is 1. The zero-order valence-corrected chi connectivity index (χ0v) is 15.7. The van der Waals surface area contributed by atoms with Gasteiger partial charge >= 0.3 is 12.1 Å². The lowest BCUT2D eigenvalue weighted by molar-refractivity contribution is -0.0634. The van der Waals surface area contributed by atoms with Crippen LogP contribution in [0.1, 0.15) is 57.0 Å². The van der Waals surface area contributed by atoms with Crippen LogP contribution >= 0.6 is 0 Å². The standard InChI is InChI=1S/C17H21N3O7/c1-16(2,3)27-15(23)20-11(8-26-17(20,4)5)13-18-9(6-25-13)12-19-10(7-24-12)14(21)22/h6-7,11H,8H2,1-5H3,(H,21,22). The van der Waals surface area contributed by atoms with Crippen molar-refractivity contribution in [2.45, 2.75) is 52.0 Å². The summed E-state index contributed by atoms with van der Waals surface area (Å²) in [4.78, 5) is 33.1. The summed E-state index contributed by atoms with van der Waals surface area (Å²) in [5.74, 6) is -1.00. The molecule has 10 nitrogen and oxygen atoms in total. The second-order valence-electron chi connectivity index (χ2n) is 7.54. The molecule has 0 radical (unpaired) electrons. The van der Waals surface area contributed by atoms with Crippen molar-refractivity contribution in [3.8, 4) is 11.6 Å². The topological polar surface area (TPSA) is 128 Å². The molecule has 1 atom stereocenters. The third-order valence-electron chi connectivity index (χ3n) is 3.83. The molecule has 3 heterocycles. The molecule has 1 unspecified atom stereocenters. The van der Waals surface area contributed by atoms with Crippen LogP contribution in [0, 0.1) is 0 Å². The molecule has 2 aromatic rings. The summed E-state index contributed by atoms with van der Waals surface area (Å²) in [5.41, 5.74) is -1.62. The minimum atomic E-state index is -1.21. The van der Waals surface area contributed by atoms with Gasteiger partial charge in [0, 0.05) is 0 Å². The number of hydrogen-bond donors (Lipinski definition) is 1. The van der Waals surface area contributed by atoms with Gasteiger partial charge in [-0.3, -0.25) is 4.90 Å². The number of carbonyl (C=O) groups excluding carboxylic acids is 1. The quantitative estimate of drug-likeness (QED) is 0.855. The predicted octanol–water partition coefficient (Wildman–Crippen LogP) is 3.07. The molecule has 27 heavy (non-hydrogen) atoms. The van der Waals surface area contributed by atoms with Crippen molar-refractivity contribution in [3.05, 3.63) is 24.1 Å². The van der Waals surface area contributed by atoms with Gasteiger partial charge in [-0.2, -0.15) is 0 Å². The highest BCUT2D eigenvalue weighted by Gasteiger charge is 2.48. The zero-order valence-electron chi connectivity index (χ0n) is 15.7. The largest absolute Gasteiger partial charge is 0.476 e. The Morgan fingerprint density at radius 2 is 1.96 bits per heavy atom. The van der Waals surface area contributed by atoms with Gasteiger partial charge in [-0.05, 0) is 34.6 Å². The number of hydrogen-bond acceptors (Lipinski definition) is 8. The average molecular weight is 379 g/mol. The first kappa shape index (κ1) is 18.9. The summed E-state index contributed by atoms with van der Waals surface area (Å²) in [6.45, 7) is 8.97. The molecule has 1 fully saturated rings. The fourth-order valence-corrected chi connectivity index (χ4v) is 2.67. The fourth-order valence-electron chi connectivity index (χ4n) is 2.67. The number of aromatic nitrogens is 2. The molecule has 146 valence electrons. The fraction of sp³-hybridized carbons (Fsp3) is 0.529. The summed E-state index contributed by atoms with van der Waals surface area (Å²) in [6.07, 6.45) is 1.74. The van der Waals surface area contributed by atoms with Gasteiger partial charge in [0.15, 0.2) is 11.4 Å². The van der Waals surface area contributed by atoms with Crippen LogP contribution < -0.4 is 0 Å². The maximum Gasteiger partial charge on any atom is 0.413 e. The van der Waals surface area contributed by atoms with Crippen LogP contribution in [0.2, 0.25) is 0 Å². The lowest BCUT2D eigenvalue weighted by Gasteiger charge is -2.34. The van der Waals surface area contributed by atoms with E-state index < -0.39 is 29.4 Å². The first-order valence-electron chi connectivity index (χ1n) is 8.29. The Kier molecular flexibility index (Phi) is 4.46. The zero-order chi connectivity index (χ0) is 20.0. The lowest BCUT2D eigenvalue weighted by atomic mass is 10.2. The Hall–Kier alpha value is -2.88. The number of carboxylic acid groups (broad SMARTS) is 1. The minimum Gasteiger partial charge on any atom is -0.476 e. The van der Waals surface area contributed by atoms with Crippen molar-refractivity contribution in [2.75, 3.05) is 6.61 Å². The number of carbonyl (C=O) groups is 2. The molecule has 1 aliphatic heterocycles. The van der Waals surface area contributed by atoms with E-state index in [4.69, 9.17) is 23.4 Å². The highest BCUT2D eigenvalue weighted by Crippen LogP contribution is 2.38. The first-order chi connectivity index (χ1) is 12.5. The van der Waals surface area contributed by atoms with Crippen molar-refractivity contribution in [3.63, 3.8) is 0 Å². The minimum absolute atomic E-state index is 0.00407. The Labute approximate surface area is 155 Å². The van der Waals surface area contributed by atoms with Crippen LogP contribution in [-0.4, -0.2) is 50.0 Å². The van der Waals surface area contributed by atoms with E-state index in [1.54, 1.807) is 34.6 Å². The van der Waals surface area contributed by atoms with E-state index in [0.29, 0.717) is 0 Å².